The summed E-state index contributed by atoms with van der Waals surface area (Å²) in [5, 5.41) is 0. The van der Waals surface area contributed by atoms with Crippen LogP contribution in [0.5, 0.6) is 0 Å². The molecule has 0 radical (unpaired) electrons. The van der Waals surface area contributed by atoms with Gasteiger partial charge < -0.3 is 5.73 Å². The van der Waals surface area contributed by atoms with Crippen LogP contribution in [-0.4, -0.2) is 18.0 Å². The summed E-state index contributed by atoms with van der Waals surface area (Å²) < 4.78 is 0. The summed E-state index contributed by atoms with van der Waals surface area (Å²) in [6.07, 6.45) is 9.27. The standard InChI is InChI=1S/C16H19N3/c1-13(14-7-4-3-5-8-14)18-11-15-9-6-10-16(2,17)12-19-15/h3-13H,17H2,1-2H3. The van der Waals surface area contributed by atoms with Crippen LogP contribution in [0.25, 0.3) is 0 Å². The highest BCUT2D eigenvalue weighted by molar-refractivity contribution is 5.85. The van der Waals surface area contributed by atoms with E-state index in [2.05, 4.69) is 29.0 Å². The van der Waals surface area contributed by atoms with Crippen LogP contribution in [0.3, 0.4) is 0 Å². The summed E-state index contributed by atoms with van der Waals surface area (Å²) in [4.78, 5) is 8.87. The van der Waals surface area contributed by atoms with Crippen LogP contribution in [0.2, 0.25) is 0 Å². The summed E-state index contributed by atoms with van der Waals surface area (Å²) in [5.41, 5.74) is 7.49. The molecule has 3 heteroatoms. The topological polar surface area (TPSA) is 50.7 Å². The summed E-state index contributed by atoms with van der Waals surface area (Å²) in [6, 6.07) is 10.3. The molecule has 0 bridgehead atoms. The maximum Gasteiger partial charge on any atom is 0.0805 e. The number of hydrogen-bond acceptors (Lipinski definition) is 3. The van der Waals surface area contributed by atoms with Crippen molar-refractivity contribution < 1.29 is 0 Å². The molecule has 0 fully saturated rings. The quantitative estimate of drug-likeness (QED) is 0.827. The van der Waals surface area contributed by atoms with Crippen molar-refractivity contribution in [3.05, 3.63) is 59.8 Å². The molecular weight excluding hydrogens is 234 g/mol. The zero-order valence-electron chi connectivity index (χ0n) is 11.3. The number of allylic oxidation sites excluding steroid dienone is 3. The Morgan fingerprint density at radius 1 is 1.32 bits per heavy atom. The van der Waals surface area contributed by atoms with Gasteiger partial charge in [0.25, 0.3) is 0 Å². The molecule has 0 amide bonds. The monoisotopic (exact) mass is 253 g/mol. The van der Waals surface area contributed by atoms with Gasteiger partial charge in [0.1, 0.15) is 0 Å². The van der Waals surface area contributed by atoms with E-state index in [1.165, 1.54) is 5.56 Å². The highest BCUT2D eigenvalue weighted by atomic mass is 14.8. The Bertz CT molecular complexity index is 536. The van der Waals surface area contributed by atoms with E-state index in [0.29, 0.717) is 0 Å². The fourth-order valence-corrected chi connectivity index (χ4v) is 1.74. The van der Waals surface area contributed by atoms with Crippen LogP contribution in [0.1, 0.15) is 25.5 Å². The zero-order valence-corrected chi connectivity index (χ0v) is 11.3. The third kappa shape index (κ3) is 4.00. The molecule has 19 heavy (non-hydrogen) atoms. The number of nitrogens with two attached hydrogens (primary N) is 1. The van der Waals surface area contributed by atoms with E-state index < -0.39 is 5.54 Å². The Hall–Kier alpha value is -2.00. The molecule has 2 atom stereocenters. The molecule has 1 aromatic carbocycles. The van der Waals surface area contributed by atoms with Crippen molar-refractivity contribution >= 4 is 12.4 Å². The summed E-state index contributed by atoms with van der Waals surface area (Å²) >= 11 is 0. The SMILES string of the molecule is CC(N=CC1=CC=CC(C)(N)C=N1)c1ccccc1. The van der Waals surface area contributed by atoms with E-state index in [0.717, 1.165) is 5.70 Å². The van der Waals surface area contributed by atoms with E-state index in [9.17, 15) is 0 Å². The predicted octanol–water partition coefficient (Wildman–Crippen LogP) is 3.06. The van der Waals surface area contributed by atoms with Crippen LogP contribution in [0.4, 0.5) is 0 Å². The second-order valence-corrected chi connectivity index (χ2v) is 4.94. The molecule has 98 valence electrons. The van der Waals surface area contributed by atoms with Crippen LogP contribution in [-0.2, 0) is 0 Å². The average molecular weight is 253 g/mol. The second kappa shape index (κ2) is 5.76. The molecule has 0 saturated heterocycles. The van der Waals surface area contributed by atoms with Gasteiger partial charge in [-0.1, -0.05) is 42.5 Å². The van der Waals surface area contributed by atoms with Crippen molar-refractivity contribution in [1.82, 2.24) is 0 Å². The van der Waals surface area contributed by atoms with Crippen LogP contribution >= 0.6 is 0 Å². The van der Waals surface area contributed by atoms with Gasteiger partial charge >= 0.3 is 0 Å². The Morgan fingerprint density at radius 3 is 2.79 bits per heavy atom. The van der Waals surface area contributed by atoms with E-state index in [1.54, 1.807) is 12.4 Å². The maximum atomic E-state index is 5.97. The van der Waals surface area contributed by atoms with Gasteiger partial charge in [-0.15, -0.1) is 0 Å². The lowest BCUT2D eigenvalue weighted by molar-refractivity contribution is 0.801. The van der Waals surface area contributed by atoms with Crippen molar-refractivity contribution in [2.45, 2.75) is 25.4 Å². The molecule has 2 rings (SSSR count). The predicted molar refractivity (Wildman–Crippen MR) is 81.7 cm³/mol. The Labute approximate surface area is 114 Å². The smallest absolute Gasteiger partial charge is 0.0805 e. The molecule has 0 aliphatic carbocycles. The first-order chi connectivity index (χ1) is 9.07. The highest BCUT2D eigenvalue weighted by Gasteiger charge is 2.11. The minimum Gasteiger partial charge on any atom is -0.318 e. The summed E-state index contributed by atoms with van der Waals surface area (Å²) in [5.74, 6) is 0. The fourth-order valence-electron chi connectivity index (χ4n) is 1.74. The Balaban J connectivity index is 2.08. The molecule has 0 aromatic heterocycles. The molecule has 1 aliphatic heterocycles. The lowest BCUT2D eigenvalue weighted by Crippen LogP contribution is -2.34. The highest BCUT2D eigenvalue weighted by Crippen LogP contribution is 2.16. The number of nitrogens with zero attached hydrogens (tertiary/aromatic N) is 2. The summed E-state index contributed by atoms with van der Waals surface area (Å²) in [7, 11) is 0. The molecule has 1 aliphatic rings. The Morgan fingerprint density at radius 2 is 2.05 bits per heavy atom. The minimum absolute atomic E-state index is 0.119. The minimum atomic E-state index is -0.489. The first-order valence-corrected chi connectivity index (χ1v) is 6.38. The van der Waals surface area contributed by atoms with Crippen molar-refractivity contribution in [3.63, 3.8) is 0 Å². The van der Waals surface area contributed by atoms with Gasteiger partial charge in [0, 0.05) is 12.4 Å². The number of rotatable bonds is 3. The van der Waals surface area contributed by atoms with E-state index >= 15 is 0 Å². The normalized spacial score (nSPS) is 24.3. The zero-order chi connectivity index (χ0) is 13.7. The number of benzene rings is 1. The third-order valence-electron chi connectivity index (χ3n) is 2.93. The number of aliphatic imine (C=N–C) groups is 2. The molecule has 1 aromatic rings. The van der Waals surface area contributed by atoms with Gasteiger partial charge in [-0.05, 0) is 25.5 Å². The van der Waals surface area contributed by atoms with Crippen molar-refractivity contribution in [1.29, 1.82) is 0 Å². The van der Waals surface area contributed by atoms with Crippen LogP contribution in [0, 0.1) is 0 Å². The Kier molecular flexibility index (Phi) is 4.07. The fraction of sp³-hybridized carbons (Fsp3) is 0.250. The lowest BCUT2D eigenvalue weighted by Gasteiger charge is -2.11. The third-order valence-corrected chi connectivity index (χ3v) is 2.93. The molecule has 0 saturated carbocycles. The van der Waals surface area contributed by atoms with Crippen molar-refractivity contribution in [2.75, 3.05) is 0 Å². The first-order valence-electron chi connectivity index (χ1n) is 6.38. The molecule has 2 unspecified atom stereocenters. The molecule has 2 N–H and O–H groups in total. The van der Waals surface area contributed by atoms with Gasteiger partial charge in [0.05, 0.1) is 17.3 Å². The average Bonchev–Trinajstić information content (AvgIpc) is 2.58. The lowest BCUT2D eigenvalue weighted by atomic mass is 10.1. The van der Waals surface area contributed by atoms with E-state index in [-0.39, 0.29) is 6.04 Å². The molecule has 3 nitrogen and oxygen atoms in total. The van der Waals surface area contributed by atoms with Crippen LogP contribution < -0.4 is 5.73 Å². The largest absolute Gasteiger partial charge is 0.318 e. The van der Waals surface area contributed by atoms with Gasteiger partial charge in [0.15, 0.2) is 0 Å². The summed E-state index contributed by atoms with van der Waals surface area (Å²) in [6.45, 7) is 3.98. The molecular formula is C16H19N3. The van der Waals surface area contributed by atoms with Gasteiger partial charge in [-0.3, -0.25) is 9.98 Å². The van der Waals surface area contributed by atoms with E-state index in [4.69, 9.17) is 5.73 Å². The van der Waals surface area contributed by atoms with Gasteiger partial charge in [-0.25, -0.2) is 0 Å². The van der Waals surface area contributed by atoms with E-state index in [1.807, 2.05) is 43.4 Å². The second-order valence-electron chi connectivity index (χ2n) is 4.94. The van der Waals surface area contributed by atoms with Crippen molar-refractivity contribution in [3.8, 4) is 0 Å². The molecule has 0 spiro atoms. The maximum absolute atomic E-state index is 5.97. The van der Waals surface area contributed by atoms with Gasteiger partial charge in [-0.2, -0.15) is 0 Å². The van der Waals surface area contributed by atoms with Crippen molar-refractivity contribution in [2.24, 2.45) is 15.7 Å². The van der Waals surface area contributed by atoms with Gasteiger partial charge in [0.2, 0.25) is 0 Å². The number of hydrogen-bond donors (Lipinski definition) is 1. The molecule has 1 heterocycles. The van der Waals surface area contributed by atoms with Crippen LogP contribution in [0.15, 0.2) is 64.2 Å². The first kappa shape index (κ1) is 13.4.